The van der Waals surface area contributed by atoms with Crippen molar-refractivity contribution in [2.45, 2.75) is 20.3 Å². The summed E-state index contributed by atoms with van der Waals surface area (Å²) in [6, 6.07) is 0. The standard InChI is InChI=1S/C9H15NO/c1-4-9(11)8(6-10)5-7(2)3/h1,7-8H,5-6,10H2,2-3H3. The van der Waals surface area contributed by atoms with Crippen molar-refractivity contribution >= 4 is 5.78 Å². The molecule has 0 aromatic heterocycles. The first-order chi connectivity index (χ1) is 5.11. The first-order valence-corrected chi connectivity index (χ1v) is 3.82. The van der Waals surface area contributed by atoms with Crippen LogP contribution in [0, 0.1) is 24.2 Å². The molecule has 0 spiro atoms. The Morgan fingerprint density at radius 3 is 2.45 bits per heavy atom. The lowest BCUT2D eigenvalue weighted by Crippen LogP contribution is -2.23. The molecule has 0 aliphatic rings. The second-order valence-electron chi connectivity index (χ2n) is 3.07. The van der Waals surface area contributed by atoms with E-state index in [-0.39, 0.29) is 11.7 Å². The number of ketones is 1. The van der Waals surface area contributed by atoms with Gasteiger partial charge in [-0.2, -0.15) is 0 Å². The Bertz CT molecular complexity index is 167. The van der Waals surface area contributed by atoms with Gasteiger partial charge in [-0.25, -0.2) is 0 Å². The fourth-order valence-corrected chi connectivity index (χ4v) is 0.997. The third kappa shape index (κ3) is 3.79. The zero-order valence-corrected chi connectivity index (χ0v) is 7.13. The smallest absolute Gasteiger partial charge is 0.209 e. The third-order valence-electron chi connectivity index (χ3n) is 1.55. The Morgan fingerprint density at radius 2 is 2.18 bits per heavy atom. The average Bonchev–Trinajstić information content (AvgIpc) is 1.98. The van der Waals surface area contributed by atoms with Gasteiger partial charge in [0.15, 0.2) is 0 Å². The van der Waals surface area contributed by atoms with Crippen LogP contribution in [0.3, 0.4) is 0 Å². The van der Waals surface area contributed by atoms with Crippen LogP contribution in [-0.4, -0.2) is 12.3 Å². The molecule has 2 heteroatoms. The van der Waals surface area contributed by atoms with Crippen LogP contribution in [0.1, 0.15) is 20.3 Å². The van der Waals surface area contributed by atoms with E-state index in [9.17, 15) is 4.79 Å². The van der Waals surface area contributed by atoms with E-state index < -0.39 is 0 Å². The first-order valence-electron chi connectivity index (χ1n) is 3.82. The maximum absolute atomic E-state index is 11.0. The largest absolute Gasteiger partial charge is 0.330 e. The molecule has 11 heavy (non-hydrogen) atoms. The van der Waals surface area contributed by atoms with E-state index in [1.807, 2.05) is 13.8 Å². The molecule has 0 saturated carbocycles. The number of rotatable bonds is 4. The van der Waals surface area contributed by atoms with E-state index >= 15 is 0 Å². The van der Waals surface area contributed by atoms with Crippen LogP contribution in [0.15, 0.2) is 0 Å². The number of nitrogens with two attached hydrogens (primary N) is 1. The van der Waals surface area contributed by atoms with E-state index in [1.54, 1.807) is 0 Å². The molecule has 0 rings (SSSR count). The predicted octanol–water partition coefficient (Wildman–Crippen LogP) is 0.810. The number of Topliss-reactive ketones (excluding diaryl/α,β-unsaturated/α-hetero) is 1. The minimum absolute atomic E-state index is 0.139. The molecule has 2 nitrogen and oxygen atoms in total. The summed E-state index contributed by atoms with van der Waals surface area (Å²) in [4.78, 5) is 11.0. The molecule has 1 unspecified atom stereocenters. The van der Waals surface area contributed by atoms with Gasteiger partial charge < -0.3 is 5.73 Å². The second-order valence-corrected chi connectivity index (χ2v) is 3.07. The van der Waals surface area contributed by atoms with Crippen molar-refractivity contribution in [3.8, 4) is 12.3 Å². The molecular weight excluding hydrogens is 138 g/mol. The Hall–Kier alpha value is -0.810. The summed E-state index contributed by atoms with van der Waals surface area (Å²) >= 11 is 0. The van der Waals surface area contributed by atoms with Crippen molar-refractivity contribution in [3.05, 3.63) is 0 Å². The van der Waals surface area contributed by atoms with Gasteiger partial charge in [0.05, 0.1) is 0 Å². The molecule has 2 N–H and O–H groups in total. The summed E-state index contributed by atoms with van der Waals surface area (Å²) < 4.78 is 0. The molecule has 0 saturated heterocycles. The molecule has 62 valence electrons. The molecule has 1 atom stereocenters. The van der Waals surface area contributed by atoms with E-state index in [4.69, 9.17) is 12.2 Å². The van der Waals surface area contributed by atoms with Crippen LogP contribution in [0.2, 0.25) is 0 Å². The Morgan fingerprint density at radius 1 is 1.64 bits per heavy atom. The highest BCUT2D eigenvalue weighted by molar-refractivity contribution is 5.96. The van der Waals surface area contributed by atoms with E-state index in [0.29, 0.717) is 12.5 Å². The fourth-order valence-electron chi connectivity index (χ4n) is 0.997. The predicted molar refractivity (Wildman–Crippen MR) is 45.8 cm³/mol. The lowest BCUT2D eigenvalue weighted by atomic mass is 9.94. The average molecular weight is 153 g/mol. The number of hydrogen-bond donors (Lipinski definition) is 1. The number of carbonyl (C=O) groups is 1. The molecule has 0 bridgehead atoms. The highest BCUT2D eigenvalue weighted by Gasteiger charge is 2.15. The van der Waals surface area contributed by atoms with E-state index in [1.165, 1.54) is 0 Å². The summed E-state index contributed by atoms with van der Waals surface area (Å²) in [7, 11) is 0. The maximum atomic E-state index is 11.0. The molecule has 0 amide bonds. The third-order valence-corrected chi connectivity index (χ3v) is 1.55. The zero-order chi connectivity index (χ0) is 8.85. The zero-order valence-electron chi connectivity index (χ0n) is 7.13. The Labute approximate surface area is 68.2 Å². The molecule has 0 aliphatic heterocycles. The van der Waals surface area contributed by atoms with E-state index in [0.717, 1.165) is 6.42 Å². The van der Waals surface area contributed by atoms with Crippen molar-refractivity contribution < 1.29 is 4.79 Å². The Kier molecular flexibility index (Phi) is 4.56. The van der Waals surface area contributed by atoms with Crippen molar-refractivity contribution in [2.24, 2.45) is 17.6 Å². The van der Waals surface area contributed by atoms with Crippen LogP contribution in [0.5, 0.6) is 0 Å². The van der Waals surface area contributed by atoms with Crippen LogP contribution in [0.25, 0.3) is 0 Å². The molecule has 0 aliphatic carbocycles. The monoisotopic (exact) mass is 153 g/mol. The highest BCUT2D eigenvalue weighted by Crippen LogP contribution is 2.10. The quantitative estimate of drug-likeness (QED) is 0.479. The van der Waals surface area contributed by atoms with Gasteiger partial charge in [0.25, 0.3) is 0 Å². The summed E-state index contributed by atoms with van der Waals surface area (Å²) in [5.41, 5.74) is 5.38. The summed E-state index contributed by atoms with van der Waals surface area (Å²) in [5, 5.41) is 0. The number of terminal acetylenes is 1. The Balaban J connectivity index is 3.98. The molecule has 0 radical (unpaired) electrons. The van der Waals surface area contributed by atoms with Crippen molar-refractivity contribution in [3.63, 3.8) is 0 Å². The van der Waals surface area contributed by atoms with Crippen LogP contribution in [0.4, 0.5) is 0 Å². The van der Waals surface area contributed by atoms with Crippen LogP contribution >= 0.6 is 0 Å². The van der Waals surface area contributed by atoms with Gasteiger partial charge in [0, 0.05) is 12.5 Å². The maximum Gasteiger partial charge on any atom is 0.209 e. The molecule has 0 fully saturated rings. The lowest BCUT2D eigenvalue weighted by molar-refractivity contribution is -0.117. The molecule has 0 heterocycles. The number of hydrogen-bond acceptors (Lipinski definition) is 2. The van der Waals surface area contributed by atoms with Gasteiger partial charge in [-0.15, -0.1) is 6.42 Å². The molecule has 0 aromatic carbocycles. The van der Waals surface area contributed by atoms with Gasteiger partial charge in [0.2, 0.25) is 5.78 Å². The van der Waals surface area contributed by atoms with E-state index in [2.05, 4.69) is 5.92 Å². The second kappa shape index (κ2) is 4.92. The topological polar surface area (TPSA) is 43.1 Å². The fraction of sp³-hybridized carbons (Fsp3) is 0.667. The minimum atomic E-state index is -0.166. The van der Waals surface area contributed by atoms with Gasteiger partial charge in [-0.1, -0.05) is 13.8 Å². The van der Waals surface area contributed by atoms with Gasteiger partial charge in [0.1, 0.15) is 0 Å². The van der Waals surface area contributed by atoms with Crippen LogP contribution in [-0.2, 0) is 4.79 Å². The lowest BCUT2D eigenvalue weighted by Gasteiger charge is -2.11. The van der Waals surface area contributed by atoms with Crippen molar-refractivity contribution in [1.29, 1.82) is 0 Å². The summed E-state index contributed by atoms with van der Waals surface area (Å²) in [6.07, 6.45) is 5.76. The first kappa shape index (κ1) is 10.2. The number of carbonyl (C=O) groups excluding carboxylic acids is 1. The van der Waals surface area contributed by atoms with Gasteiger partial charge in [-0.05, 0) is 18.3 Å². The minimum Gasteiger partial charge on any atom is -0.330 e. The van der Waals surface area contributed by atoms with Crippen molar-refractivity contribution in [2.75, 3.05) is 6.54 Å². The molecular formula is C9H15NO. The highest BCUT2D eigenvalue weighted by atomic mass is 16.1. The van der Waals surface area contributed by atoms with Crippen LogP contribution < -0.4 is 5.73 Å². The SMILES string of the molecule is C#CC(=O)C(CN)CC(C)C. The van der Waals surface area contributed by atoms with Gasteiger partial charge in [-0.3, -0.25) is 4.79 Å². The molecule has 0 aromatic rings. The van der Waals surface area contributed by atoms with Gasteiger partial charge >= 0.3 is 0 Å². The summed E-state index contributed by atoms with van der Waals surface area (Å²) in [5.74, 6) is 2.27. The summed E-state index contributed by atoms with van der Waals surface area (Å²) in [6.45, 7) is 4.46. The van der Waals surface area contributed by atoms with Crippen molar-refractivity contribution in [1.82, 2.24) is 0 Å². The normalized spacial score (nSPS) is 12.6.